The van der Waals surface area contributed by atoms with Crippen molar-refractivity contribution in [2.45, 2.75) is 57.4 Å². The van der Waals surface area contributed by atoms with Crippen molar-refractivity contribution in [3.8, 4) is 0 Å². The fourth-order valence-corrected chi connectivity index (χ4v) is 3.48. The van der Waals surface area contributed by atoms with Crippen LogP contribution in [0.3, 0.4) is 0 Å². The molecule has 1 aliphatic heterocycles. The fourth-order valence-electron chi connectivity index (χ4n) is 3.48. The Morgan fingerprint density at radius 3 is 2.35 bits per heavy atom. The topological polar surface area (TPSA) is 62.3 Å². The minimum Gasteiger partial charge on any atom is -0.349 e. The van der Waals surface area contributed by atoms with Crippen LogP contribution in [0, 0.1) is 0 Å². The summed E-state index contributed by atoms with van der Waals surface area (Å²) in [5, 5.41) is 3.08. The highest BCUT2D eigenvalue weighted by Gasteiger charge is 2.21. The maximum atomic E-state index is 12.5. The van der Waals surface area contributed by atoms with Crippen molar-refractivity contribution in [3.05, 3.63) is 29.6 Å². The molecule has 3 rings (SSSR count). The van der Waals surface area contributed by atoms with Gasteiger partial charge in [0.2, 0.25) is 0 Å². The predicted molar refractivity (Wildman–Crippen MR) is 88.3 cm³/mol. The van der Waals surface area contributed by atoms with Crippen molar-refractivity contribution in [2.75, 3.05) is 13.1 Å². The molecule has 2 aliphatic rings. The number of nitrogens with one attached hydrogen (secondary N) is 1. The molecule has 1 aromatic heterocycles. The number of hydrogen-bond acceptors (Lipinski definition) is 3. The third-order valence-corrected chi connectivity index (χ3v) is 4.83. The van der Waals surface area contributed by atoms with Crippen LogP contribution in [0.15, 0.2) is 18.5 Å². The summed E-state index contributed by atoms with van der Waals surface area (Å²) in [4.78, 5) is 30.9. The van der Waals surface area contributed by atoms with Gasteiger partial charge >= 0.3 is 0 Å². The van der Waals surface area contributed by atoms with Gasteiger partial charge in [-0.15, -0.1) is 0 Å². The van der Waals surface area contributed by atoms with Gasteiger partial charge in [0.15, 0.2) is 0 Å². The van der Waals surface area contributed by atoms with Crippen molar-refractivity contribution < 1.29 is 9.59 Å². The number of nitrogens with zero attached hydrogens (tertiary/aromatic N) is 2. The summed E-state index contributed by atoms with van der Waals surface area (Å²) in [6.45, 7) is 1.61. The summed E-state index contributed by atoms with van der Waals surface area (Å²) >= 11 is 0. The Bertz CT molecular complexity index is 561. The molecule has 2 heterocycles. The van der Waals surface area contributed by atoms with Gasteiger partial charge in [-0.1, -0.05) is 19.3 Å². The van der Waals surface area contributed by atoms with Crippen LogP contribution in [-0.2, 0) is 0 Å². The first-order valence-electron chi connectivity index (χ1n) is 8.79. The second kappa shape index (κ2) is 7.57. The number of rotatable bonds is 3. The molecule has 1 saturated carbocycles. The lowest BCUT2D eigenvalue weighted by atomic mass is 9.95. The fraction of sp³-hybridized carbons (Fsp3) is 0.611. The molecule has 1 aliphatic carbocycles. The maximum Gasteiger partial charge on any atom is 0.255 e. The number of piperidine rings is 1. The van der Waals surface area contributed by atoms with Gasteiger partial charge < -0.3 is 10.2 Å². The minimum absolute atomic E-state index is 0.00971. The van der Waals surface area contributed by atoms with Crippen molar-refractivity contribution >= 4 is 11.8 Å². The van der Waals surface area contributed by atoms with E-state index < -0.39 is 0 Å². The zero-order valence-electron chi connectivity index (χ0n) is 13.6. The van der Waals surface area contributed by atoms with Gasteiger partial charge in [-0.2, -0.15) is 0 Å². The number of likely N-dealkylation sites (tertiary alicyclic amines) is 1. The Morgan fingerprint density at radius 2 is 1.61 bits per heavy atom. The zero-order valence-corrected chi connectivity index (χ0v) is 13.6. The molecular weight excluding hydrogens is 290 g/mol. The summed E-state index contributed by atoms with van der Waals surface area (Å²) in [7, 11) is 0. The van der Waals surface area contributed by atoms with Crippen LogP contribution >= 0.6 is 0 Å². The lowest BCUT2D eigenvalue weighted by molar-refractivity contribution is 0.0724. The van der Waals surface area contributed by atoms with E-state index in [1.54, 1.807) is 18.5 Å². The van der Waals surface area contributed by atoms with E-state index in [-0.39, 0.29) is 17.9 Å². The molecule has 0 spiro atoms. The summed E-state index contributed by atoms with van der Waals surface area (Å²) in [5.41, 5.74) is 1.00. The van der Waals surface area contributed by atoms with Crippen molar-refractivity contribution in [3.63, 3.8) is 0 Å². The molecule has 5 heteroatoms. The largest absolute Gasteiger partial charge is 0.349 e. The van der Waals surface area contributed by atoms with Gasteiger partial charge in [-0.05, 0) is 38.2 Å². The zero-order chi connectivity index (χ0) is 16.1. The van der Waals surface area contributed by atoms with Crippen molar-refractivity contribution in [1.29, 1.82) is 0 Å². The van der Waals surface area contributed by atoms with Crippen LogP contribution in [0.1, 0.15) is 72.1 Å². The second-order valence-electron chi connectivity index (χ2n) is 6.62. The lowest BCUT2D eigenvalue weighted by Crippen LogP contribution is -2.37. The normalized spacial score (nSPS) is 19.4. The summed E-state index contributed by atoms with van der Waals surface area (Å²) in [5.74, 6) is -0.123. The summed E-state index contributed by atoms with van der Waals surface area (Å²) in [6.07, 6.45) is 12.1. The smallest absolute Gasteiger partial charge is 0.255 e. The van der Waals surface area contributed by atoms with Crippen molar-refractivity contribution in [1.82, 2.24) is 15.2 Å². The van der Waals surface area contributed by atoms with Crippen LogP contribution in [0.4, 0.5) is 0 Å². The molecular formula is C18H25N3O2. The molecule has 0 radical (unpaired) electrons. The number of hydrogen-bond donors (Lipinski definition) is 1. The first kappa shape index (κ1) is 16.0. The van der Waals surface area contributed by atoms with Crippen LogP contribution < -0.4 is 5.32 Å². The molecule has 0 unspecified atom stereocenters. The van der Waals surface area contributed by atoms with E-state index in [1.165, 1.54) is 25.7 Å². The number of carbonyl (C=O) groups excluding carboxylic acids is 2. The molecule has 0 aromatic carbocycles. The quantitative estimate of drug-likeness (QED) is 0.933. The van der Waals surface area contributed by atoms with E-state index in [1.807, 2.05) is 4.90 Å². The monoisotopic (exact) mass is 315 g/mol. The average Bonchev–Trinajstić information content (AvgIpc) is 2.63. The Morgan fingerprint density at radius 1 is 0.957 bits per heavy atom. The summed E-state index contributed by atoms with van der Waals surface area (Å²) in [6, 6.07) is 1.94. The second-order valence-corrected chi connectivity index (χ2v) is 6.62. The van der Waals surface area contributed by atoms with E-state index in [9.17, 15) is 9.59 Å². The SMILES string of the molecule is O=C(NC1CCCCC1)c1cncc(C(=O)N2CCCCC2)c1. The number of pyridine rings is 1. The van der Waals surface area contributed by atoms with Gasteiger partial charge in [-0.25, -0.2) is 0 Å². The van der Waals surface area contributed by atoms with Crippen LogP contribution in [-0.4, -0.2) is 40.8 Å². The Hall–Kier alpha value is -1.91. The van der Waals surface area contributed by atoms with Crippen LogP contribution in [0.25, 0.3) is 0 Å². The first-order chi connectivity index (χ1) is 11.2. The highest BCUT2D eigenvalue weighted by Crippen LogP contribution is 2.18. The van der Waals surface area contributed by atoms with Crippen LogP contribution in [0.5, 0.6) is 0 Å². The molecule has 1 aromatic rings. The number of aromatic nitrogens is 1. The van der Waals surface area contributed by atoms with Gasteiger partial charge in [0, 0.05) is 31.5 Å². The molecule has 1 N–H and O–H groups in total. The summed E-state index contributed by atoms with van der Waals surface area (Å²) < 4.78 is 0. The molecule has 5 nitrogen and oxygen atoms in total. The third-order valence-electron chi connectivity index (χ3n) is 4.83. The molecule has 2 amide bonds. The maximum absolute atomic E-state index is 12.5. The Kier molecular flexibility index (Phi) is 5.26. The van der Waals surface area contributed by atoms with E-state index in [4.69, 9.17) is 0 Å². The number of amides is 2. The van der Waals surface area contributed by atoms with E-state index >= 15 is 0 Å². The van der Waals surface area contributed by atoms with E-state index in [0.717, 1.165) is 38.8 Å². The highest BCUT2D eigenvalue weighted by molar-refractivity contribution is 5.99. The molecule has 2 fully saturated rings. The van der Waals surface area contributed by atoms with Gasteiger partial charge in [-0.3, -0.25) is 14.6 Å². The van der Waals surface area contributed by atoms with Crippen LogP contribution in [0.2, 0.25) is 0 Å². The average molecular weight is 315 g/mol. The Labute approximate surface area is 137 Å². The molecule has 0 bridgehead atoms. The lowest BCUT2D eigenvalue weighted by Gasteiger charge is -2.26. The number of carbonyl (C=O) groups is 2. The van der Waals surface area contributed by atoms with E-state index in [0.29, 0.717) is 11.1 Å². The van der Waals surface area contributed by atoms with Gasteiger partial charge in [0.25, 0.3) is 11.8 Å². The molecule has 1 saturated heterocycles. The first-order valence-corrected chi connectivity index (χ1v) is 8.79. The standard InChI is InChI=1S/C18H25N3O2/c22-17(20-16-7-3-1-4-8-16)14-11-15(13-19-12-14)18(23)21-9-5-2-6-10-21/h11-13,16H,1-10H2,(H,20,22). The predicted octanol–water partition coefficient (Wildman–Crippen LogP) is 2.77. The van der Waals surface area contributed by atoms with Gasteiger partial charge in [0.05, 0.1) is 11.1 Å². The highest BCUT2D eigenvalue weighted by atomic mass is 16.2. The third kappa shape index (κ3) is 4.09. The van der Waals surface area contributed by atoms with E-state index in [2.05, 4.69) is 10.3 Å². The molecule has 0 atom stereocenters. The Balaban J connectivity index is 1.66. The molecule has 23 heavy (non-hydrogen) atoms. The van der Waals surface area contributed by atoms with Gasteiger partial charge in [0.1, 0.15) is 0 Å². The molecule has 124 valence electrons. The minimum atomic E-state index is -0.113. The van der Waals surface area contributed by atoms with Crippen molar-refractivity contribution in [2.24, 2.45) is 0 Å².